The van der Waals surface area contributed by atoms with Crippen LogP contribution in [0.2, 0.25) is 0 Å². The van der Waals surface area contributed by atoms with Crippen LogP contribution in [0, 0.1) is 5.92 Å². The number of hydrogen-bond donors (Lipinski definition) is 2. The Balaban J connectivity index is 1.36. The Kier molecular flexibility index (Phi) is 8.35. The van der Waals surface area contributed by atoms with Crippen LogP contribution in [-0.2, 0) is 14.8 Å². The zero-order chi connectivity index (χ0) is 23.1. The molecule has 1 aliphatic heterocycles. The molecule has 4 rings (SSSR count). The fourth-order valence-corrected chi connectivity index (χ4v) is 6.19. The predicted molar refractivity (Wildman–Crippen MR) is 130 cm³/mol. The van der Waals surface area contributed by atoms with Crippen LogP contribution in [0.1, 0.15) is 43.6 Å². The number of benzene rings is 1. The first-order valence-electron chi connectivity index (χ1n) is 12.0. The van der Waals surface area contributed by atoms with Crippen molar-refractivity contribution < 1.29 is 18.3 Å². The number of pyridine rings is 1. The van der Waals surface area contributed by atoms with Crippen LogP contribution in [0.25, 0.3) is 0 Å². The number of aromatic nitrogens is 1. The summed E-state index contributed by atoms with van der Waals surface area (Å²) in [4.78, 5) is 6.67. The SMILES string of the molecule is O=S(=O)(CCO)NC1CCN(c2ccccn2)CC1COC1CCC(c2ccccc2)CC1. The molecule has 1 saturated heterocycles. The molecule has 2 atom stereocenters. The zero-order valence-electron chi connectivity index (χ0n) is 19.1. The van der Waals surface area contributed by atoms with Gasteiger partial charge in [0.05, 0.1) is 25.1 Å². The minimum atomic E-state index is -3.52. The molecule has 0 amide bonds. The van der Waals surface area contributed by atoms with Crippen molar-refractivity contribution in [2.24, 2.45) is 5.92 Å². The highest BCUT2D eigenvalue weighted by Crippen LogP contribution is 2.34. The van der Waals surface area contributed by atoms with Gasteiger partial charge < -0.3 is 14.7 Å². The molecule has 2 unspecified atom stereocenters. The Hall–Kier alpha value is -2.00. The molecule has 7 nitrogen and oxygen atoms in total. The Bertz CT molecular complexity index is 950. The van der Waals surface area contributed by atoms with Crippen molar-refractivity contribution in [3.8, 4) is 0 Å². The van der Waals surface area contributed by atoms with Gasteiger partial charge >= 0.3 is 0 Å². The van der Waals surface area contributed by atoms with Gasteiger partial charge in [0.1, 0.15) is 5.82 Å². The smallest absolute Gasteiger partial charge is 0.214 e. The first-order chi connectivity index (χ1) is 16.0. The molecule has 2 heterocycles. The maximum atomic E-state index is 12.3. The van der Waals surface area contributed by atoms with Gasteiger partial charge in [0, 0.05) is 31.2 Å². The molecule has 180 valence electrons. The molecular weight excluding hydrogens is 438 g/mol. The maximum Gasteiger partial charge on any atom is 0.214 e. The standard InChI is InChI=1S/C25H35N3O4S/c29-16-17-33(30,31)27-24-13-15-28(25-8-4-5-14-26-25)18-22(24)19-32-23-11-9-21(10-12-23)20-6-2-1-3-7-20/h1-8,14,21-24,27,29H,9-13,15-19H2. The minimum Gasteiger partial charge on any atom is -0.395 e. The van der Waals surface area contributed by atoms with E-state index in [0.717, 1.165) is 38.0 Å². The third-order valence-corrected chi connectivity index (χ3v) is 8.27. The summed E-state index contributed by atoms with van der Waals surface area (Å²) in [5.74, 6) is 1.24. The van der Waals surface area contributed by atoms with E-state index in [2.05, 4.69) is 44.9 Å². The first kappa shape index (κ1) is 24.1. The van der Waals surface area contributed by atoms with Crippen LogP contribution >= 0.6 is 0 Å². The fraction of sp³-hybridized carbons (Fsp3) is 0.560. The summed E-state index contributed by atoms with van der Waals surface area (Å²) < 4.78 is 33.9. The summed E-state index contributed by atoms with van der Waals surface area (Å²) >= 11 is 0. The molecule has 1 aromatic heterocycles. The lowest BCUT2D eigenvalue weighted by atomic mass is 9.82. The quantitative estimate of drug-likeness (QED) is 0.582. The lowest BCUT2D eigenvalue weighted by molar-refractivity contribution is -0.00215. The number of aliphatic hydroxyl groups excluding tert-OH is 1. The van der Waals surface area contributed by atoms with E-state index < -0.39 is 10.0 Å². The van der Waals surface area contributed by atoms with Crippen LogP contribution in [0.15, 0.2) is 54.7 Å². The van der Waals surface area contributed by atoms with E-state index >= 15 is 0 Å². The van der Waals surface area contributed by atoms with Crippen LogP contribution in [-0.4, -0.2) is 62.7 Å². The first-order valence-corrected chi connectivity index (χ1v) is 13.6. The highest BCUT2D eigenvalue weighted by Gasteiger charge is 2.34. The summed E-state index contributed by atoms with van der Waals surface area (Å²) in [6.45, 7) is 1.54. The van der Waals surface area contributed by atoms with Crippen LogP contribution < -0.4 is 9.62 Å². The van der Waals surface area contributed by atoms with Crippen molar-refractivity contribution in [1.82, 2.24) is 9.71 Å². The summed E-state index contributed by atoms with van der Waals surface area (Å²) in [6, 6.07) is 16.3. The van der Waals surface area contributed by atoms with E-state index in [1.807, 2.05) is 18.2 Å². The summed E-state index contributed by atoms with van der Waals surface area (Å²) in [7, 11) is -3.52. The van der Waals surface area contributed by atoms with Crippen molar-refractivity contribution in [2.45, 2.75) is 50.2 Å². The molecule has 0 spiro atoms. The third kappa shape index (κ3) is 6.76. The minimum absolute atomic E-state index is 0.0149. The molecule has 0 radical (unpaired) electrons. The number of anilines is 1. The second kappa shape index (κ2) is 11.4. The Morgan fingerprint density at radius 1 is 1.03 bits per heavy atom. The molecule has 2 N–H and O–H groups in total. The second-order valence-corrected chi connectivity index (χ2v) is 11.0. The molecule has 8 heteroatoms. The van der Waals surface area contributed by atoms with Crippen LogP contribution in [0.5, 0.6) is 0 Å². The number of ether oxygens (including phenoxy) is 1. The second-order valence-electron chi connectivity index (χ2n) is 9.17. The number of aliphatic hydroxyl groups is 1. The number of hydrogen-bond acceptors (Lipinski definition) is 6. The van der Waals surface area contributed by atoms with Crippen molar-refractivity contribution in [2.75, 3.05) is 37.0 Å². The Labute approximate surface area is 197 Å². The molecule has 2 aliphatic rings. The molecule has 33 heavy (non-hydrogen) atoms. The van der Waals surface area contributed by atoms with E-state index in [1.165, 1.54) is 5.56 Å². The topological polar surface area (TPSA) is 91.8 Å². The van der Waals surface area contributed by atoms with Gasteiger partial charge in [-0.15, -0.1) is 0 Å². The number of rotatable bonds is 9. The maximum absolute atomic E-state index is 12.3. The Morgan fingerprint density at radius 2 is 1.79 bits per heavy atom. The van der Waals surface area contributed by atoms with E-state index in [-0.39, 0.29) is 30.4 Å². The molecule has 0 bridgehead atoms. The van der Waals surface area contributed by atoms with Crippen LogP contribution in [0.3, 0.4) is 0 Å². The average molecular weight is 474 g/mol. The van der Waals surface area contributed by atoms with E-state index in [9.17, 15) is 8.42 Å². The van der Waals surface area contributed by atoms with Gasteiger partial charge in [-0.05, 0) is 55.7 Å². The molecule has 1 saturated carbocycles. The number of piperidine rings is 1. The van der Waals surface area contributed by atoms with Crippen LogP contribution in [0.4, 0.5) is 5.82 Å². The van der Waals surface area contributed by atoms with Gasteiger partial charge in [0.15, 0.2) is 0 Å². The molecular formula is C25H35N3O4S. The van der Waals surface area contributed by atoms with Crippen molar-refractivity contribution in [3.63, 3.8) is 0 Å². The third-order valence-electron chi connectivity index (χ3n) is 6.89. The summed E-state index contributed by atoms with van der Waals surface area (Å²) in [5, 5.41) is 9.10. The van der Waals surface area contributed by atoms with Gasteiger partial charge in [0.2, 0.25) is 10.0 Å². The largest absolute Gasteiger partial charge is 0.395 e. The van der Waals surface area contributed by atoms with Crippen molar-refractivity contribution in [3.05, 3.63) is 60.3 Å². The normalized spacial score (nSPS) is 26.3. The average Bonchev–Trinajstić information content (AvgIpc) is 2.84. The van der Waals surface area contributed by atoms with Crippen molar-refractivity contribution >= 4 is 15.8 Å². The van der Waals surface area contributed by atoms with Crippen molar-refractivity contribution in [1.29, 1.82) is 0 Å². The number of nitrogens with one attached hydrogen (secondary N) is 1. The fourth-order valence-electron chi connectivity index (χ4n) is 5.06. The number of sulfonamides is 1. The zero-order valence-corrected chi connectivity index (χ0v) is 19.9. The van der Waals surface area contributed by atoms with E-state index in [1.54, 1.807) is 6.20 Å². The monoisotopic (exact) mass is 473 g/mol. The lowest BCUT2D eigenvalue weighted by Gasteiger charge is -2.40. The lowest BCUT2D eigenvalue weighted by Crippen LogP contribution is -2.53. The van der Waals surface area contributed by atoms with Gasteiger partial charge in [0.25, 0.3) is 0 Å². The van der Waals surface area contributed by atoms with Gasteiger partial charge in [-0.25, -0.2) is 18.1 Å². The summed E-state index contributed by atoms with van der Waals surface area (Å²) in [6.07, 6.45) is 6.95. The summed E-state index contributed by atoms with van der Waals surface area (Å²) in [5.41, 5.74) is 1.41. The Morgan fingerprint density at radius 3 is 2.48 bits per heavy atom. The van der Waals surface area contributed by atoms with Gasteiger partial charge in [-0.1, -0.05) is 36.4 Å². The van der Waals surface area contributed by atoms with Gasteiger partial charge in [-0.2, -0.15) is 0 Å². The van der Waals surface area contributed by atoms with E-state index in [4.69, 9.17) is 9.84 Å². The predicted octanol–water partition coefficient (Wildman–Crippen LogP) is 2.93. The highest BCUT2D eigenvalue weighted by molar-refractivity contribution is 7.89. The molecule has 2 fully saturated rings. The van der Waals surface area contributed by atoms with Gasteiger partial charge in [-0.3, -0.25) is 0 Å². The van der Waals surface area contributed by atoms with E-state index in [0.29, 0.717) is 25.5 Å². The highest BCUT2D eigenvalue weighted by atomic mass is 32.2. The number of nitrogens with zero attached hydrogens (tertiary/aromatic N) is 2. The molecule has 2 aromatic rings. The molecule has 1 aromatic carbocycles. The molecule has 1 aliphatic carbocycles.